The SMILES string of the molecule is CCc1nc(-c2ccc(C)cc2)nc(CC)c1CCN. The maximum atomic E-state index is 5.72. The van der Waals surface area contributed by atoms with Crippen molar-refractivity contribution >= 4 is 0 Å². The topological polar surface area (TPSA) is 51.8 Å². The lowest BCUT2D eigenvalue weighted by Gasteiger charge is -2.13. The number of rotatable bonds is 5. The van der Waals surface area contributed by atoms with Crippen molar-refractivity contribution in [3.63, 3.8) is 0 Å². The number of aryl methyl sites for hydroxylation is 3. The Morgan fingerprint density at radius 1 is 0.950 bits per heavy atom. The van der Waals surface area contributed by atoms with Gasteiger partial charge in [0.2, 0.25) is 0 Å². The Morgan fingerprint density at radius 3 is 1.95 bits per heavy atom. The first-order valence-corrected chi connectivity index (χ1v) is 7.35. The van der Waals surface area contributed by atoms with E-state index in [9.17, 15) is 0 Å². The van der Waals surface area contributed by atoms with Crippen LogP contribution >= 0.6 is 0 Å². The fourth-order valence-corrected chi connectivity index (χ4v) is 2.43. The van der Waals surface area contributed by atoms with Gasteiger partial charge in [0, 0.05) is 17.0 Å². The van der Waals surface area contributed by atoms with E-state index in [-0.39, 0.29) is 0 Å². The summed E-state index contributed by atoms with van der Waals surface area (Å²) in [4.78, 5) is 9.50. The van der Waals surface area contributed by atoms with Gasteiger partial charge >= 0.3 is 0 Å². The summed E-state index contributed by atoms with van der Waals surface area (Å²) in [6, 6.07) is 8.38. The standard InChI is InChI=1S/C17H23N3/c1-4-15-14(10-11-18)16(5-2)20-17(19-15)13-8-6-12(3)7-9-13/h6-9H,4-5,10-11,18H2,1-3H3. The smallest absolute Gasteiger partial charge is 0.159 e. The minimum Gasteiger partial charge on any atom is -0.330 e. The number of nitrogens with two attached hydrogens (primary N) is 1. The van der Waals surface area contributed by atoms with Crippen molar-refractivity contribution in [3.8, 4) is 11.4 Å². The van der Waals surface area contributed by atoms with E-state index in [1.165, 1.54) is 11.1 Å². The molecule has 0 radical (unpaired) electrons. The largest absolute Gasteiger partial charge is 0.330 e. The van der Waals surface area contributed by atoms with Gasteiger partial charge in [0.1, 0.15) is 0 Å². The summed E-state index contributed by atoms with van der Waals surface area (Å²) in [5, 5.41) is 0. The Labute approximate surface area is 121 Å². The highest BCUT2D eigenvalue weighted by atomic mass is 14.9. The highest BCUT2D eigenvalue weighted by Gasteiger charge is 2.12. The Morgan fingerprint density at radius 2 is 1.50 bits per heavy atom. The van der Waals surface area contributed by atoms with Crippen molar-refractivity contribution in [2.24, 2.45) is 5.73 Å². The van der Waals surface area contributed by atoms with Gasteiger partial charge in [-0.2, -0.15) is 0 Å². The number of hydrogen-bond donors (Lipinski definition) is 1. The second-order valence-electron chi connectivity index (χ2n) is 5.03. The van der Waals surface area contributed by atoms with Gasteiger partial charge in [-0.25, -0.2) is 9.97 Å². The molecule has 2 rings (SSSR count). The van der Waals surface area contributed by atoms with E-state index in [4.69, 9.17) is 15.7 Å². The lowest BCUT2D eigenvalue weighted by atomic mass is 10.0. The van der Waals surface area contributed by atoms with E-state index in [1.54, 1.807) is 0 Å². The molecule has 2 aromatic rings. The summed E-state index contributed by atoms with van der Waals surface area (Å²) in [6.07, 6.45) is 2.70. The van der Waals surface area contributed by atoms with Crippen LogP contribution in [0.3, 0.4) is 0 Å². The quantitative estimate of drug-likeness (QED) is 0.907. The molecule has 0 unspecified atom stereocenters. The molecule has 0 aliphatic carbocycles. The molecule has 0 aliphatic rings. The highest BCUT2D eigenvalue weighted by Crippen LogP contribution is 2.21. The van der Waals surface area contributed by atoms with Gasteiger partial charge in [-0.15, -0.1) is 0 Å². The van der Waals surface area contributed by atoms with Crippen molar-refractivity contribution in [2.75, 3.05) is 6.54 Å². The van der Waals surface area contributed by atoms with Gasteiger partial charge in [0.05, 0.1) is 0 Å². The van der Waals surface area contributed by atoms with Crippen molar-refractivity contribution in [3.05, 3.63) is 46.8 Å². The molecule has 0 atom stereocenters. The summed E-state index contributed by atoms with van der Waals surface area (Å²) in [5.74, 6) is 0.833. The Bertz CT molecular complexity index is 548. The van der Waals surface area contributed by atoms with Crippen molar-refractivity contribution < 1.29 is 0 Å². The van der Waals surface area contributed by atoms with Crippen LogP contribution in [0.15, 0.2) is 24.3 Å². The highest BCUT2D eigenvalue weighted by molar-refractivity contribution is 5.56. The van der Waals surface area contributed by atoms with Crippen LogP contribution in [-0.4, -0.2) is 16.5 Å². The molecule has 0 spiro atoms. The molecule has 1 aromatic heterocycles. The first-order chi connectivity index (χ1) is 9.69. The molecule has 0 aliphatic heterocycles. The van der Waals surface area contributed by atoms with Crippen LogP contribution < -0.4 is 5.73 Å². The van der Waals surface area contributed by atoms with Crippen molar-refractivity contribution in [2.45, 2.75) is 40.0 Å². The molecule has 20 heavy (non-hydrogen) atoms. The monoisotopic (exact) mass is 269 g/mol. The minimum atomic E-state index is 0.646. The van der Waals surface area contributed by atoms with E-state index < -0.39 is 0 Å². The second kappa shape index (κ2) is 6.62. The summed E-state index contributed by atoms with van der Waals surface area (Å²) in [5.41, 5.74) is 11.6. The van der Waals surface area contributed by atoms with Crippen LogP contribution in [0.5, 0.6) is 0 Å². The predicted molar refractivity (Wildman–Crippen MR) is 83.7 cm³/mol. The third-order valence-corrected chi connectivity index (χ3v) is 3.55. The first kappa shape index (κ1) is 14.7. The van der Waals surface area contributed by atoms with Crippen LogP contribution in [0.1, 0.15) is 36.4 Å². The normalized spacial score (nSPS) is 10.8. The number of benzene rings is 1. The molecule has 1 aromatic carbocycles. The van der Waals surface area contributed by atoms with Gasteiger partial charge in [-0.3, -0.25) is 0 Å². The molecule has 0 bridgehead atoms. The maximum absolute atomic E-state index is 5.72. The zero-order valence-corrected chi connectivity index (χ0v) is 12.6. The zero-order valence-electron chi connectivity index (χ0n) is 12.6. The van der Waals surface area contributed by atoms with E-state index in [2.05, 4.69) is 45.0 Å². The predicted octanol–water partition coefficient (Wildman–Crippen LogP) is 3.08. The van der Waals surface area contributed by atoms with Crippen molar-refractivity contribution in [1.29, 1.82) is 0 Å². The van der Waals surface area contributed by atoms with Gasteiger partial charge in [-0.1, -0.05) is 43.7 Å². The third-order valence-electron chi connectivity index (χ3n) is 3.55. The van der Waals surface area contributed by atoms with Gasteiger partial charge in [-0.05, 0) is 38.3 Å². The Kier molecular flexibility index (Phi) is 4.85. The molecule has 0 amide bonds. The molecule has 0 fully saturated rings. The van der Waals surface area contributed by atoms with Crippen LogP contribution in [0, 0.1) is 6.92 Å². The molecular weight excluding hydrogens is 246 g/mol. The summed E-state index contributed by atoms with van der Waals surface area (Å²) in [6.45, 7) is 7.01. The molecule has 3 heteroatoms. The average molecular weight is 269 g/mol. The Hall–Kier alpha value is -1.74. The molecule has 2 N–H and O–H groups in total. The fraction of sp³-hybridized carbons (Fsp3) is 0.412. The minimum absolute atomic E-state index is 0.646. The Balaban J connectivity index is 2.52. The molecule has 106 valence electrons. The van der Waals surface area contributed by atoms with Crippen LogP contribution in [-0.2, 0) is 19.3 Å². The average Bonchev–Trinajstić information content (AvgIpc) is 2.48. The van der Waals surface area contributed by atoms with Crippen LogP contribution in [0.2, 0.25) is 0 Å². The lowest BCUT2D eigenvalue weighted by Crippen LogP contribution is -2.12. The second-order valence-corrected chi connectivity index (χ2v) is 5.03. The summed E-state index contributed by atoms with van der Waals surface area (Å²) >= 11 is 0. The van der Waals surface area contributed by atoms with E-state index in [1.807, 2.05) is 0 Å². The lowest BCUT2D eigenvalue weighted by molar-refractivity contribution is 0.844. The molecule has 1 heterocycles. The van der Waals surface area contributed by atoms with E-state index in [0.717, 1.165) is 42.0 Å². The van der Waals surface area contributed by atoms with Crippen LogP contribution in [0.4, 0.5) is 0 Å². The molecule has 0 saturated heterocycles. The molecular formula is C17H23N3. The van der Waals surface area contributed by atoms with E-state index in [0.29, 0.717) is 6.54 Å². The fourth-order valence-electron chi connectivity index (χ4n) is 2.43. The molecule has 0 saturated carbocycles. The van der Waals surface area contributed by atoms with Crippen LogP contribution in [0.25, 0.3) is 11.4 Å². The van der Waals surface area contributed by atoms with Gasteiger partial charge in [0.25, 0.3) is 0 Å². The van der Waals surface area contributed by atoms with Gasteiger partial charge in [0.15, 0.2) is 5.82 Å². The number of aromatic nitrogens is 2. The summed E-state index contributed by atoms with van der Waals surface area (Å²) in [7, 11) is 0. The molecule has 3 nitrogen and oxygen atoms in total. The maximum Gasteiger partial charge on any atom is 0.159 e. The third kappa shape index (κ3) is 3.05. The summed E-state index contributed by atoms with van der Waals surface area (Å²) < 4.78 is 0. The van der Waals surface area contributed by atoms with Gasteiger partial charge < -0.3 is 5.73 Å². The zero-order chi connectivity index (χ0) is 14.5. The first-order valence-electron chi connectivity index (χ1n) is 7.35. The number of nitrogens with zero attached hydrogens (tertiary/aromatic N) is 2. The van der Waals surface area contributed by atoms with E-state index >= 15 is 0 Å². The van der Waals surface area contributed by atoms with Crippen molar-refractivity contribution in [1.82, 2.24) is 9.97 Å². The number of hydrogen-bond acceptors (Lipinski definition) is 3.